The van der Waals surface area contributed by atoms with Crippen molar-refractivity contribution in [2.24, 2.45) is 0 Å². The van der Waals surface area contributed by atoms with E-state index in [2.05, 4.69) is 23.2 Å². The van der Waals surface area contributed by atoms with Gasteiger partial charge in [-0.2, -0.15) is 0 Å². The molecule has 0 unspecified atom stereocenters. The zero-order valence-electron chi connectivity index (χ0n) is 3.97. The van der Waals surface area contributed by atoms with Gasteiger partial charge in [-0.15, -0.1) is 0 Å². The molecule has 9 heavy (non-hydrogen) atoms. The first-order valence-corrected chi connectivity index (χ1v) is 1.95. The number of hydrogen-bond acceptors (Lipinski definition) is 0. The second-order valence-electron chi connectivity index (χ2n) is 0.758. The molecule has 0 saturated heterocycles. The first kappa shape index (κ1) is 16.7. The molecule has 0 aromatic carbocycles. The van der Waals surface area contributed by atoms with Crippen LogP contribution >= 0.6 is 23.2 Å². The van der Waals surface area contributed by atoms with Crippen LogP contribution in [0.1, 0.15) is 0 Å². The minimum Gasteiger partial charge on any atom is -1.00 e. The van der Waals surface area contributed by atoms with E-state index in [0.717, 1.165) is 0 Å². The molecule has 0 fully saturated rings. The minimum atomic E-state index is -4.55. The molecule has 52 valence electrons. The van der Waals surface area contributed by atoms with Crippen LogP contribution < -0.4 is 12.4 Å². The fourth-order valence-electron chi connectivity index (χ4n) is 0. The summed E-state index contributed by atoms with van der Waals surface area (Å²) < 4.78 is 32.6. The van der Waals surface area contributed by atoms with Gasteiger partial charge in [0.15, 0.2) is 0 Å². The molecule has 0 bridgehead atoms. The van der Waals surface area contributed by atoms with E-state index in [1.165, 1.54) is 0 Å². The molecule has 7 heteroatoms. The van der Waals surface area contributed by atoms with Gasteiger partial charge in [-0.05, 0) is 4.84 Å². The SMILES string of the molecule is FC(F)(F)[C-](Cl)Cl.[Cl-].[Zn+2]. The molecule has 0 rings (SSSR count). The van der Waals surface area contributed by atoms with Crippen molar-refractivity contribution in [3.05, 3.63) is 4.84 Å². The second-order valence-corrected chi connectivity index (χ2v) is 1.71. The number of halogens is 6. The largest absolute Gasteiger partial charge is 2.00 e. The van der Waals surface area contributed by atoms with Crippen LogP contribution in [-0.2, 0) is 19.5 Å². The molecule has 0 aromatic heterocycles. The molecule has 0 aliphatic rings. The molecule has 0 aromatic rings. The summed E-state index contributed by atoms with van der Waals surface area (Å²) in [5, 5.41) is 0. The molecule has 0 atom stereocenters. The van der Waals surface area contributed by atoms with Gasteiger partial charge in [-0.25, -0.2) is 13.2 Å². The van der Waals surface area contributed by atoms with Crippen LogP contribution in [0.3, 0.4) is 0 Å². The topological polar surface area (TPSA) is 0 Å². The first-order valence-electron chi connectivity index (χ1n) is 1.19. The summed E-state index contributed by atoms with van der Waals surface area (Å²) in [7, 11) is 0. The Labute approximate surface area is 79.2 Å². The van der Waals surface area contributed by atoms with Gasteiger partial charge in [0, 0.05) is 0 Å². The van der Waals surface area contributed by atoms with E-state index in [9.17, 15) is 13.2 Å². The van der Waals surface area contributed by atoms with Crippen LogP contribution in [0.5, 0.6) is 0 Å². The predicted octanol–water partition coefficient (Wildman–Crippen LogP) is -0.483. The second kappa shape index (κ2) is 6.02. The predicted molar refractivity (Wildman–Crippen MR) is 21.0 cm³/mol. The van der Waals surface area contributed by atoms with E-state index in [-0.39, 0.29) is 31.9 Å². The summed E-state index contributed by atoms with van der Waals surface area (Å²) in [6.45, 7) is 0. The average molecular weight is 253 g/mol. The van der Waals surface area contributed by atoms with Gasteiger partial charge in [-0.3, -0.25) is 0 Å². The van der Waals surface area contributed by atoms with Gasteiger partial charge in [0.05, 0.1) is 0 Å². The number of hydrogen-bond donors (Lipinski definition) is 0. The molecule has 0 heterocycles. The van der Waals surface area contributed by atoms with Crippen LogP contribution in [-0.4, -0.2) is 6.18 Å². The monoisotopic (exact) mass is 250 g/mol. The van der Waals surface area contributed by atoms with Crippen LogP contribution in [0.25, 0.3) is 0 Å². The molecule has 0 N–H and O–H groups in total. The molecular formula is C2Cl3F3Zn. The van der Waals surface area contributed by atoms with Gasteiger partial charge in [-0.1, -0.05) is 0 Å². The van der Waals surface area contributed by atoms with Gasteiger partial charge >= 0.3 is 19.5 Å². The summed E-state index contributed by atoms with van der Waals surface area (Å²) >= 11 is 8.62. The summed E-state index contributed by atoms with van der Waals surface area (Å²) in [5.74, 6) is 0. The zero-order valence-corrected chi connectivity index (χ0v) is 9.21. The first-order chi connectivity index (χ1) is 2.94. The summed E-state index contributed by atoms with van der Waals surface area (Å²) in [4.78, 5) is -1.56. The smallest absolute Gasteiger partial charge is 1.00 e. The van der Waals surface area contributed by atoms with Crippen LogP contribution in [0.2, 0.25) is 0 Å². The van der Waals surface area contributed by atoms with E-state index in [1.807, 2.05) is 0 Å². The van der Waals surface area contributed by atoms with Crippen molar-refractivity contribution in [1.82, 2.24) is 0 Å². The Morgan fingerprint density at radius 2 is 1.22 bits per heavy atom. The maximum atomic E-state index is 10.9. The van der Waals surface area contributed by atoms with E-state index < -0.39 is 11.0 Å². The molecule has 0 radical (unpaired) electrons. The minimum absolute atomic E-state index is 0. The van der Waals surface area contributed by atoms with Crippen molar-refractivity contribution in [1.29, 1.82) is 0 Å². The third-order valence-corrected chi connectivity index (χ3v) is 0.643. The van der Waals surface area contributed by atoms with Crippen molar-refractivity contribution >= 4 is 23.2 Å². The van der Waals surface area contributed by atoms with Crippen LogP contribution in [0.4, 0.5) is 13.2 Å². The van der Waals surface area contributed by atoms with Crippen molar-refractivity contribution in [2.45, 2.75) is 6.18 Å². The summed E-state index contributed by atoms with van der Waals surface area (Å²) in [5.41, 5.74) is 0. The molecule has 0 aliphatic carbocycles. The van der Waals surface area contributed by atoms with Gasteiger partial charge in [0.25, 0.3) is 6.18 Å². The molecule has 0 nitrogen and oxygen atoms in total. The average Bonchev–Trinajstić information content (AvgIpc) is 1.31. The fourth-order valence-corrected chi connectivity index (χ4v) is 0. The summed E-state index contributed by atoms with van der Waals surface area (Å²) in [6.07, 6.45) is -4.55. The quantitative estimate of drug-likeness (QED) is 0.404. The maximum absolute atomic E-state index is 10.9. The van der Waals surface area contributed by atoms with Gasteiger partial charge in [0.1, 0.15) is 0 Å². The maximum Gasteiger partial charge on any atom is 2.00 e. The van der Waals surface area contributed by atoms with Crippen molar-refractivity contribution in [2.75, 3.05) is 0 Å². The van der Waals surface area contributed by atoms with E-state index >= 15 is 0 Å². The fraction of sp³-hybridized carbons (Fsp3) is 0.500. The van der Waals surface area contributed by atoms with Gasteiger partial charge in [0.2, 0.25) is 0 Å². The molecule has 0 aliphatic heterocycles. The molecule has 0 spiro atoms. The normalized spacial score (nSPS) is 10.0. The van der Waals surface area contributed by atoms with Crippen LogP contribution in [0.15, 0.2) is 0 Å². The Morgan fingerprint density at radius 3 is 1.22 bits per heavy atom. The molecular weight excluding hydrogens is 253 g/mol. The van der Waals surface area contributed by atoms with E-state index in [1.54, 1.807) is 0 Å². The Morgan fingerprint density at radius 1 is 1.11 bits per heavy atom. The zero-order chi connectivity index (χ0) is 6.08. The Hall–Kier alpha value is 1.28. The molecule has 0 saturated carbocycles. The van der Waals surface area contributed by atoms with E-state index in [4.69, 9.17) is 0 Å². The number of alkyl halides is 3. The standard InChI is InChI=1S/C2Cl2F3.ClH.Zn/c3-1(4)2(5,6)7;;/h;1H;/q-1;;+2/p-1. The van der Waals surface area contributed by atoms with Crippen molar-refractivity contribution in [3.8, 4) is 0 Å². The van der Waals surface area contributed by atoms with Crippen molar-refractivity contribution < 1.29 is 45.1 Å². The van der Waals surface area contributed by atoms with Crippen molar-refractivity contribution in [3.63, 3.8) is 0 Å². The Balaban J connectivity index is -0.000000180. The van der Waals surface area contributed by atoms with Gasteiger partial charge < -0.3 is 35.6 Å². The number of rotatable bonds is 0. The Kier molecular flexibility index (Phi) is 11.2. The van der Waals surface area contributed by atoms with E-state index in [0.29, 0.717) is 0 Å². The van der Waals surface area contributed by atoms with Crippen LogP contribution in [0, 0.1) is 4.84 Å². The third kappa shape index (κ3) is 9.28. The Bertz CT molecular complexity index is 62.6. The molecule has 0 amide bonds. The third-order valence-electron chi connectivity index (χ3n) is 0.214. The summed E-state index contributed by atoms with van der Waals surface area (Å²) in [6, 6.07) is 0.